The van der Waals surface area contributed by atoms with Gasteiger partial charge in [-0.1, -0.05) is 23.9 Å². The fourth-order valence-corrected chi connectivity index (χ4v) is 4.11. The Balaban J connectivity index is 1.43. The second kappa shape index (κ2) is 7.65. The van der Waals surface area contributed by atoms with Gasteiger partial charge in [0.1, 0.15) is 0 Å². The number of benzene rings is 1. The van der Waals surface area contributed by atoms with Crippen molar-refractivity contribution in [3.63, 3.8) is 0 Å². The maximum Gasteiger partial charge on any atom is 0.418 e. The van der Waals surface area contributed by atoms with Crippen molar-refractivity contribution in [1.29, 1.82) is 0 Å². The lowest BCUT2D eigenvalue weighted by molar-refractivity contribution is -0.137. The molecule has 2 aliphatic rings. The third kappa shape index (κ3) is 4.11. The predicted molar refractivity (Wildman–Crippen MR) is 101 cm³/mol. The average Bonchev–Trinajstić information content (AvgIpc) is 3.17. The molecule has 1 saturated carbocycles. The number of hydrogen-bond acceptors (Lipinski definition) is 5. The lowest BCUT2D eigenvalue weighted by atomic mass is 10.1. The summed E-state index contributed by atoms with van der Waals surface area (Å²) in [4.78, 5) is 14.5. The number of nitrogens with zero attached hydrogens (tertiary/aromatic N) is 4. The number of alkyl halides is 3. The molecule has 4 rings (SSSR count). The third-order valence-electron chi connectivity index (χ3n) is 4.79. The van der Waals surface area contributed by atoms with Gasteiger partial charge in [-0.15, -0.1) is 10.2 Å². The minimum Gasteiger partial charge on any atom is -0.341 e. The Labute approximate surface area is 164 Å². The zero-order valence-electron chi connectivity index (χ0n) is 15.1. The molecule has 1 aromatic heterocycles. The van der Waals surface area contributed by atoms with Crippen molar-refractivity contribution in [3.05, 3.63) is 29.8 Å². The summed E-state index contributed by atoms with van der Waals surface area (Å²) < 4.78 is 41.3. The van der Waals surface area contributed by atoms with Crippen LogP contribution in [0.15, 0.2) is 29.4 Å². The highest BCUT2D eigenvalue weighted by Crippen LogP contribution is 2.41. The highest BCUT2D eigenvalue weighted by molar-refractivity contribution is 7.99. The van der Waals surface area contributed by atoms with Crippen LogP contribution in [0.5, 0.6) is 0 Å². The summed E-state index contributed by atoms with van der Waals surface area (Å²) in [6.07, 6.45) is -0.162. The number of carbonyl (C=O) groups excluding carboxylic acids is 1. The summed E-state index contributed by atoms with van der Waals surface area (Å²) in [5.41, 5.74) is -1.09. The third-order valence-corrected chi connectivity index (χ3v) is 5.73. The second-order valence-corrected chi connectivity index (χ2v) is 7.90. The molecule has 0 bridgehead atoms. The number of amides is 1. The number of aromatic nitrogens is 3. The van der Waals surface area contributed by atoms with Crippen LogP contribution in [0.3, 0.4) is 0 Å². The summed E-state index contributed by atoms with van der Waals surface area (Å²) in [7, 11) is 0. The Hall–Kier alpha value is -2.23. The fraction of sp³-hybridized carbons (Fsp3) is 0.500. The SMILES string of the molecule is O=C(CSc1nnc(N2CCCC2)n1C1CC1)Nc1ccccc1C(F)(F)F. The van der Waals surface area contributed by atoms with Gasteiger partial charge in [-0.3, -0.25) is 9.36 Å². The number of rotatable bonds is 6. The van der Waals surface area contributed by atoms with Crippen molar-refractivity contribution in [2.75, 3.05) is 29.1 Å². The van der Waals surface area contributed by atoms with E-state index in [-0.39, 0.29) is 11.4 Å². The molecule has 10 heteroatoms. The molecule has 1 amide bonds. The molecule has 0 atom stereocenters. The molecule has 1 saturated heterocycles. The summed E-state index contributed by atoms with van der Waals surface area (Å²) in [6, 6.07) is 5.32. The smallest absolute Gasteiger partial charge is 0.341 e. The summed E-state index contributed by atoms with van der Waals surface area (Å²) in [5.74, 6) is 0.303. The van der Waals surface area contributed by atoms with E-state index in [4.69, 9.17) is 0 Å². The Morgan fingerprint density at radius 2 is 1.89 bits per heavy atom. The van der Waals surface area contributed by atoms with Gasteiger partial charge >= 0.3 is 6.18 Å². The molecule has 6 nitrogen and oxygen atoms in total. The fourth-order valence-electron chi connectivity index (χ4n) is 3.31. The number of para-hydroxylation sites is 1. The topological polar surface area (TPSA) is 63.1 Å². The van der Waals surface area contributed by atoms with E-state index in [0.29, 0.717) is 11.2 Å². The first-order valence-corrected chi connectivity index (χ1v) is 10.2. The lowest BCUT2D eigenvalue weighted by Crippen LogP contribution is -2.22. The van der Waals surface area contributed by atoms with Crippen LogP contribution in [0.4, 0.5) is 24.8 Å². The van der Waals surface area contributed by atoms with Gasteiger partial charge in [0.25, 0.3) is 0 Å². The Morgan fingerprint density at radius 1 is 1.18 bits per heavy atom. The van der Waals surface area contributed by atoms with Crippen LogP contribution < -0.4 is 10.2 Å². The van der Waals surface area contributed by atoms with E-state index < -0.39 is 17.6 Å². The molecule has 1 aliphatic carbocycles. The summed E-state index contributed by atoms with van der Waals surface area (Å²) >= 11 is 1.21. The quantitative estimate of drug-likeness (QED) is 0.729. The molecule has 1 aliphatic heterocycles. The molecular formula is C18H20F3N5OS. The van der Waals surface area contributed by atoms with E-state index in [2.05, 4.69) is 25.0 Å². The number of carbonyl (C=O) groups is 1. The summed E-state index contributed by atoms with van der Waals surface area (Å²) in [5, 5.41) is 11.5. The van der Waals surface area contributed by atoms with E-state index in [9.17, 15) is 18.0 Å². The van der Waals surface area contributed by atoms with Crippen molar-refractivity contribution in [2.45, 2.75) is 43.1 Å². The molecule has 1 aromatic carbocycles. The number of nitrogens with one attached hydrogen (secondary N) is 1. The number of halogens is 3. The molecule has 0 unspecified atom stereocenters. The average molecular weight is 411 g/mol. The minimum atomic E-state index is -4.52. The van der Waals surface area contributed by atoms with Crippen LogP contribution in [0.2, 0.25) is 0 Å². The van der Waals surface area contributed by atoms with Gasteiger partial charge < -0.3 is 10.2 Å². The zero-order chi connectivity index (χ0) is 19.7. The van der Waals surface area contributed by atoms with Crippen molar-refractivity contribution in [3.8, 4) is 0 Å². The second-order valence-electron chi connectivity index (χ2n) is 6.96. The maximum atomic E-state index is 13.1. The summed E-state index contributed by atoms with van der Waals surface area (Å²) in [6.45, 7) is 1.90. The van der Waals surface area contributed by atoms with Crippen LogP contribution in [-0.4, -0.2) is 39.5 Å². The van der Waals surface area contributed by atoms with Gasteiger partial charge in [0.15, 0.2) is 5.16 Å². The maximum absolute atomic E-state index is 13.1. The van der Waals surface area contributed by atoms with Gasteiger partial charge in [0.2, 0.25) is 11.9 Å². The number of anilines is 2. The zero-order valence-corrected chi connectivity index (χ0v) is 15.9. The minimum absolute atomic E-state index is 0.0307. The monoisotopic (exact) mass is 411 g/mol. The standard InChI is InChI=1S/C18H20F3N5OS/c19-18(20,21)13-5-1-2-6-14(13)22-15(27)11-28-17-24-23-16(25-9-3-4-10-25)26(17)12-7-8-12/h1-2,5-6,12H,3-4,7-11H2,(H,22,27). The van der Waals surface area contributed by atoms with E-state index in [0.717, 1.165) is 50.8 Å². The van der Waals surface area contributed by atoms with Gasteiger partial charge in [-0.05, 0) is 37.8 Å². The van der Waals surface area contributed by atoms with Crippen molar-refractivity contribution in [2.24, 2.45) is 0 Å². The van der Waals surface area contributed by atoms with Crippen molar-refractivity contribution < 1.29 is 18.0 Å². The van der Waals surface area contributed by atoms with E-state index in [1.165, 1.54) is 30.0 Å². The van der Waals surface area contributed by atoms with Crippen LogP contribution in [0, 0.1) is 0 Å². The predicted octanol–water partition coefficient (Wildman–Crippen LogP) is 3.96. The number of thioether (sulfide) groups is 1. The van der Waals surface area contributed by atoms with Crippen LogP contribution in [0.1, 0.15) is 37.3 Å². The first kappa shape index (κ1) is 19.1. The molecule has 0 radical (unpaired) electrons. The van der Waals surface area contributed by atoms with Gasteiger partial charge in [-0.25, -0.2) is 0 Å². The van der Waals surface area contributed by atoms with Crippen LogP contribution in [0.25, 0.3) is 0 Å². The largest absolute Gasteiger partial charge is 0.418 e. The van der Waals surface area contributed by atoms with E-state index >= 15 is 0 Å². The van der Waals surface area contributed by atoms with Gasteiger partial charge in [0, 0.05) is 19.1 Å². The van der Waals surface area contributed by atoms with Gasteiger partial charge in [-0.2, -0.15) is 13.2 Å². The first-order valence-electron chi connectivity index (χ1n) is 9.22. The first-order chi connectivity index (χ1) is 13.4. The molecule has 2 heterocycles. The molecule has 2 aromatic rings. The Morgan fingerprint density at radius 3 is 2.57 bits per heavy atom. The lowest BCUT2D eigenvalue weighted by Gasteiger charge is -2.18. The highest BCUT2D eigenvalue weighted by Gasteiger charge is 2.34. The van der Waals surface area contributed by atoms with Crippen molar-refractivity contribution in [1.82, 2.24) is 14.8 Å². The molecule has 1 N–H and O–H groups in total. The normalized spacial score (nSPS) is 17.2. The highest BCUT2D eigenvalue weighted by atomic mass is 32.2. The molecule has 2 fully saturated rings. The van der Waals surface area contributed by atoms with Gasteiger partial charge in [0.05, 0.1) is 17.0 Å². The molecular weight excluding hydrogens is 391 g/mol. The molecule has 28 heavy (non-hydrogen) atoms. The van der Waals surface area contributed by atoms with Crippen LogP contribution >= 0.6 is 11.8 Å². The Bertz CT molecular complexity index is 859. The van der Waals surface area contributed by atoms with Crippen molar-refractivity contribution >= 4 is 29.3 Å². The van der Waals surface area contributed by atoms with Crippen LogP contribution in [-0.2, 0) is 11.0 Å². The van der Waals surface area contributed by atoms with E-state index in [1.807, 2.05) is 0 Å². The Kier molecular flexibility index (Phi) is 5.22. The number of hydrogen-bond donors (Lipinski definition) is 1. The molecule has 0 spiro atoms. The molecule has 150 valence electrons. The van der Waals surface area contributed by atoms with E-state index in [1.54, 1.807) is 0 Å².